The average Bonchev–Trinajstić information content (AvgIpc) is 2.95. The lowest BCUT2D eigenvalue weighted by atomic mass is 9.95. The van der Waals surface area contributed by atoms with E-state index in [1.807, 2.05) is 0 Å². The molecule has 2 aliphatic carbocycles. The number of carbonyl (C=O) groups excluding carboxylic acids is 1. The molecule has 1 heterocycles. The lowest BCUT2D eigenvalue weighted by Crippen LogP contribution is -2.44. The molecular formula is C13H19NO3. The topological polar surface area (TPSA) is 57.6 Å². The van der Waals surface area contributed by atoms with Crippen LogP contribution >= 0.6 is 0 Å². The van der Waals surface area contributed by atoms with E-state index in [-0.39, 0.29) is 17.7 Å². The molecule has 1 saturated heterocycles. The number of carboxylic acids is 1. The molecule has 3 aliphatic rings. The molecular weight excluding hydrogens is 218 g/mol. The lowest BCUT2D eigenvalue weighted by Gasteiger charge is -2.32. The van der Waals surface area contributed by atoms with Crippen LogP contribution in [0.2, 0.25) is 0 Å². The van der Waals surface area contributed by atoms with Gasteiger partial charge in [-0.15, -0.1) is 0 Å². The van der Waals surface area contributed by atoms with Gasteiger partial charge >= 0.3 is 5.97 Å². The summed E-state index contributed by atoms with van der Waals surface area (Å²) in [5, 5.41) is 9.01. The van der Waals surface area contributed by atoms with E-state index in [4.69, 9.17) is 5.11 Å². The molecule has 1 aliphatic heterocycles. The van der Waals surface area contributed by atoms with E-state index in [0.717, 1.165) is 44.1 Å². The van der Waals surface area contributed by atoms with Crippen molar-refractivity contribution in [1.29, 1.82) is 0 Å². The lowest BCUT2D eigenvalue weighted by molar-refractivity contribution is -0.146. The third kappa shape index (κ3) is 2.05. The molecule has 1 N–H and O–H groups in total. The van der Waals surface area contributed by atoms with E-state index in [1.165, 1.54) is 6.42 Å². The SMILES string of the molecule is O=C(O)C1CCCN(C(=O)C2CC3CC3C2)C1. The Balaban J connectivity index is 1.59. The normalized spacial score (nSPS) is 39.9. The predicted molar refractivity (Wildman–Crippen MR) is 61.3 cm³/mol. The molecule has 0 aromatic rings. The van der Waals surface area contributed by atoms with E-state index in [0.29, 0.717) is 6.54 Å². The minimum atomic E-state index is -0.753. The second kappa shape index (κ2) is 4.00. The molecule has 0 spiro atoms. The number of hydrogen-bond acceptors (Lipinski definition) is 2. The van der Waals surface area contributed by atoms with E-state index >= 15 is 0 Å². The number of carbonyl (C=O) groups is 2. The minimum Gasteiger partial charge on any atom is -0.481 e. The van der Waals surface area contributed by atoms with E-state index in [1.54, 1.807) is 4.90 Å². The molecule has 4 heteroatoms. The van der Waals surface area contributed by atoms with Gasteiger partial charge in [0, 0.05) is 19.0 Å². The summed E-state index contributed by atoms with van der Waals surface area (Å²) in [4.78, 5) is 25.0. The second-order valence-electron chi connectivity index (χ2n) is 5.89. The van der Waals surface area contributed by atoms with Gasteiger partial charge in [0.15, 0.2) is 0 Å². The van der Waals surface area contributed by atoms with Crippen LogP contribution in [0.25, 0.3) is 0 Å². The van der Waals surface area contributed by atoms with Crippen LogP contribution in [0.5, 0.6) is 0 Å². The number of hydrogen-bond donors (Lipinski definition) is 1. The summed E-state index contributed by atoms with van der Waals surface area (Å²) in [7, 11) is 0. The zero-order chi connectivity index (χ0) is 12.0. The minimum absolute atomic E-state index is 0.200. The number of carboxylic acid groups (broad SMARTS) is 1. The molecule has 3 unspecified atom stereocenters. The van der Waals surface area contributed by atoms with Crippen molar-refractivity contribution >= 4 is 11.9 Å². The number of likely N-dealkylation sites (tertiary alicyclic amines) is 1. The molecule has 94 valence electrons. The van der Waals surface area contributed by atoms with Crippen molar-refractivity contribution in [3.8, 4) is 0 Å². The fraction of sp³-hybridized carbons (Fsp3) is 0.846. The first-order valence-electron chi connectivity index (χ1n) is 6.66. The predicted octanol–water partition coefficient (Wildman–Crippen LogP) is 1.36. The average molecular weight is 237 g/mol. The summed E-state index contributed by atoms with van der Waals surface area (Å²) >= 11 is 0. The Morgan fingerprint density at radius 2 is 1.76 bits per heavy atom. The van der Waals surface area contributed by atoms with Gasteiger partial charge in [0.2, 0.25) is 5.91 Å². The summed E-state index contributed by atoms with van der Waals surface area (Å²) in [5.41, 5.74) is 0. The quantitative estimate of drug-likeness (QED) is 0.788. The van der Waals surface area contributed by atoms with Gasteiger partial charge in [-0.2, -0.15) is 0 Å². The molecule has 0 aromatic heterocycles. The Morgan fingerprint density at radius 1 is 1.06 bits per heavy atom. The van der Waals surface area contributed by atoms with Crippen LogP contribution in [-0.4, -0.2) is 35.0 Å². The number of rotatable bonds is 2. The van der Waals surface area contributed by atoms with Crippen molar-refractivity contribution in [2.24, 2.45) is 23.7 Å². The highest BCUT2D eigenvalue weighted by atomic mass is 16.4. The molecule has 3 fully saturated rings. The highest BCUT2D eigenvalue weighted by Gasteiger charge is 2.49. The van der Waals surface area contributed by atoms with Gasteiger partial charge in [-0.1, -0.05) is 0 Å². The number of aliphatic carboxylic acids is 1. The summed E-state index contributed by atoms with van der Waals surface area (Å²) in [6.45, 7) is 1.19. The van der Waals surface area contributed by atoms with Crippen molar-refractivity contribution in [2.45, 2.75) is 32.1 Å². The van der Waals surface area contributed by atoms with Crippen LogP contribution in [0, 0.1) is 23.7 Å². The van der Waals surface area contributed by atoms with Crippen molar-refractivity contribution in [1.82, 2.24) is 4.90 Å². The monoisotopic (exact) mass is 237 g/mol. The standard InChI is InChI=1S/C13H19NO3/c15-12(11-5-9-4-10(9)6-11)14-3-1-2-8(7-14)13(16)17/h8-11H,1-7H2,(H,16,17). The molecule has 0 aromatic carbocycles. The van der Waals surface area contributed by atoms with Gasteiger partial charge in [-0.05, 0) is 43.9 Å². The fourth-order valence-electron chi connectivity index (χ4n) is 3.55. The van der Waals surface area contributed by atoms with Crippen LogP contribution < -0.4 is 0 Å². The third-order valence-corrected chi connectivity index (χ3v) is 4.68. The fourth-order valence-corrected chi connectivity index (χ4v) is 3.55. The maximum Gasteiger partial charge on any atom is 0.308 e. The Morgan fingerprint density at radius 3 is 2.41 bits per heavy atom. The zero-order valence-corrected chi connectivity index (χ0v) is 9.97. The molecule has 3 atom stereocenters. The van der Waals surface area contributed by atoms with Crippen molar-refractivity contribution in [3.63, 3.8) is 0 Å². The van der Waals surface area contributed by atoms with E-state index in [9.17, 15) is 9.59 Å². The summed E-state index contributed by atoms with van der Waals surface area (Å²) in [6, 6.07) is 0. The van der Waals surface area contributed by atoms with Gasteiger partial charge in [0.05, 0.1) is 5.92 Å². The number of amides is 1. The Labute approximate surface area is 101 Å². The van der Waals surface area contributed by atoms with Gasteiger partial charge < -0.3 is 10.0 Å². The van der Waals surface area contributed by atoms with Gasteiger partial charge in [0.1, 0.15) is 0 Å². The first-order valence-corrected chi connectivity index (χ1v) is 6.66. The van der Waals surface area contributed by atoms with Crippen molar-refractivity contribution in [3.05, 3.63) is 0 Å². The molecule has 0 radical (unpaired) electrons. The van der Waals surface area contributed by atoms with Gasteiger partial charge in [-0.25, -0.2) is 0 Å². The van der Waals surface area contributed by atoms with Gasteiger partial charge in [-0.3, -0.25) is 9.59 Å². The molecule has 17 heavy (non-hydrogen) atoms. The smallest absolute Gasteiger partial charge is 0.308 e. The molecule has 3 rings (SSSR count). The number of fused-ring (bicyclic) bond motifs is 1. The molecule has 0 bridgehead atoms. The van der Waals surface area contributed by atoms with Gasteiger partial charge in [0.25, 0.3) is 0 Å². The molecule has 2 saturated carbocycles. The van der Waals surface area contributed by atoms with Crippen LogP contribution in [0.15, 0.2) is 0 Å². The third-order valence-electron chi connectivity index (χ3n) is 4.68. The van der Waals surface area contributed by atoms with Crippen molar-refractivity contribution < 1.29 is 14.7 Å². The highest BCUT2D eigenvalue weighted by Crippen LogP contribution is 2.54. The van der Waals surface area contributed by atoms with Crippen LogP contribution in [0.3, 0.4) is 0 Å². The maximum absolute atomic E-state index is 12.3. The summed E-state index contributed by atoms with van der Waals surface area (Å²) < 4.78 is 0. The number of nitrogens with zero attached hydrogens (tertiary/aromatic N) is 1. The largest absolute Gasteiger partial charge is 0.481 e. The van der Waals surface area contributed by atoms with Crippen molar-refractivity contribution in [2.75, 3.05) is 13.1 Å². The van der Waals surface area contributed by atoms with Crippen LogP contribution in [-0.2, 0) is 9.59 Å². The molecule has 1 amide bonds. The van der Waals surface area contributed by atoms with Crippen LogP contribution in [0.1, 0.15) is 32.1 Å². The molecule has 4 nitrogen and oxygen atoms in total. The first kappa shape index (κ1) is 11.1. The zero-order valence-electron chi connectivity index (χ0n) is 9.97. The van der Waals surface area contributed by atoms with E-state index in [2.05, 4.69) is 0 Å². The highest BCUT2D eigenvalue weighted by molar-refractivity contribution is 5.80. The Bertz CT molecular complexity index is 345. The Kier molecular flexibility index (Phi) is 2.60. The number of piperidine rings is 1. The van der Waals surface area contributed by atoms with E-state index < -0.39 is 5.97 Å². The van der Waals surface area contributed by atoms with Crippen LogP contribution in [0.4, 0.5) is 0 Å². The second-order valence-corrected chi connectivity index (χ2v) is 5.89. The first-order chi connectivity index (χ1) is 8.15. The summed E-state index contributed by atoms with van der Waals surface area (Å²) in [6.07, 6.45) is 4.98. The Hall–Kier alpha value is -1.06. The maximum atomic E-state index is 12.3. The summed E-state index contributed by atoms with van der Waals surface area (Å²) in [5.74, 6) is 0.947.